The molecule has 0 unspecified atom stereocenters. The largest absolute Gasteiger partial charge is 0.396 e. The second-order valence-corrected chi connectivity index (χ2v) is 6.44. The van der Waals surface area contributed by atoms with E-state index in [1.54, 1.807) is 4.57 Å². The number of H-pyrrole nitrogens is 1. The minimum absolute atomic E-state index is 0.0313. The Morgan fingerprint density at radius 2 is 2.07 bits per heavy atom. The summed E-state index contributed by atoms with van der Waals surface area (Å²) < 4.78 is 1.65. The maximum absolute atomic E-state index is 12.2. The van der Waals surface area contributed by atoms with Crippen molar-refractivity contribution in [1.82, 2.24) is 19.5 Å². The van der Waals surface area contributed by atoms with Gasteiger partial charge in [0.1, 0.15) is 5.78 Å². The third kappa shape index (κ3) is 3.92. The molecule has 1 aromatic carbocycles. The van der Waals surface area contributed by atoms with Gasteiger partial charge in [-0.15, -0.1) is 0 Å². The summed E-state index contributed by atoms with van der Waals surface area (Å²) in [6.45, 7) is 2.91. The highest BCUT2D eigenvalue weighted by molar-refractivity contribution is 5.85. The van der Waals surface area contributed by atoms with E-state index in [-0.39, 0.29) is 43.3 Å². The van der Waals surface area contributed by atoms with Crippen molar-refractivity contribution in [3.8, 4) is 11.5 Å². The average molecular weight is 386 g/mol. The van der Waals surface area contributed by atoms with Gasteiger partial charge in [0.2, 0.25) is 0 Å². The summed E-state index contributed by atoms with van der Waals surface area (Å²) in [5.41, 5.74) is 7.12. The lowest BCUT2D eigenvalue weighted by molar-refractivity contribution is -0.119. The number of fused-ring (bicyclic) bond motifs is 2. The zero-order chi connectivity index (χ0) is 20.3. The highest BCUT2D eigenvalue weighted by Crippen LogP contribution is 2.26. The Morgan fingerprint density at radius 1 is 1.29 bits per heavy atom. The fourth-order valence-corrected chi connectivity index (χ4v) is 3.06. The minimum Gasteiger partial charge on any atom is -0.396 e. The number of benzene rings is 1. The molecule has 1 aromatic rings. The summed E-state index contributed by atoms with van der Waals surface area (Å²) in [6.07, 6.45) is 0.173. The average Bonchev–Trinajstić information content (AvgIpc) is 2.64. The monoisotopic (exact) mass is 386 g/mol. The van der Waals surface area contributed by atoms with Crippen molar-refractivity contribution in [2.45, 2.75) is 26.3 Å². The molecule has 3 rings (SSSR count). The predicted octanol–water partition coefficient (Wildman–Crippen LogP) is -0.395. The Bertz CT molecular complexity index is 1100. The number of carbonyl (C=O) groups is 1. The van der Waals surface area contributed by atoms with Gasteiger partial charge in [-0.25, -0.2) is 9.78 Å². The highest BCUT2D eigenvalue weighted by atomic mass is 16.3. The number of aromatic amines is 1. The zero-order valence-electron chi connectivity index (χ0n) is 15.5. The number of carbonyl (C=O) groups excluding carboxylic acids is 1. The van der Waals surface area contributed by atoms with Gasteiger partial charge in [-0.2, -0.15) is 4.98 Å². The van der Waals surface area contributed by atoms with Crippen molar-refractivity contribution in [3.05, 3.63) is 38.5 Å². The number of nitrogens with two attached hydrogens (primary N) is 1. The zero-order valence-corrected chi connectivity index (χ0v) is 15.5. The van der Waals surface area contributed by atoms with Crippen LogP contribution in [0.5, 0.6) is 0 Å². The first kappa shape index (κ1) is 19.6. The van der Waals surface area contributed by atoms with Gasteiger partial charge in [-0.3, -0.25) is 14.6 Å². The van der Waals surface area contributed by atoms with E-state index >= 15 is 0 Å². The summed E-state index contributed by atoms with van der Waals surface area (Å²) in [5.74, 6) is -0.0134. The fraction of sp³-hybridized carbons (Fsp3) is 0.389. The fourth-order valence-electron chi connectivity index (χ4n) is 3.06. The number of hydrogen-bond donors (Lipinski definition) is 4. The van der Waals surface area contributed by atoms with Crippen LogP contribution in [0.3, 0.4) is 0 Å². The van der Waals surface area contributed by atoms with E-state index in [0.29, 0.717) is 24.1 Å². The molecule has 0 atom stereocenters. The van der Waals surface area contributed by atoms with E-state index in [9.17, 15) is 14.4 Å². The van der Waals surface area contributed by atoms with Gasteiger partial charge in [-0.05, 0) is 24.6 Å². The Kier molecular flexibility index (Phi) is 5.81. The Hall–Kier alpha value is -3.11. The van der Waals surface area contributed by atoms with Crippen molar-refractivity contribution in [2.24, 2.45) is 5.73 Å². The molecule has 0 radical (unpaired) electrons. The number of rotatable bonds is 8. The molecular formula is C18H22N6O4. The molecule has 0 saturated carbocycles. The number of Topliss-reactive ketones (excluding diaryl/α,β-unsaturated/α-hetero) is 1. The summed E-state index contributed by atoms with van der Waals surface area (Å²) in [6, 6.07) is 3.67. The van der Waals surface area contributed by atoms with Crippen LogP contribution in [0.1, 0.15) is 18.4 Å². The minimum atomic E-state index is -0.775. The van der Waals surface area contributed by atoms with Gasteiger partial charge < -0.3 is 20.7 Å². The molecular weight excluding hydrogens is 364 g/mol. The third-order valence-electron chi connectivity index (χ3n) is 4.42. The molecule has 2 aliphatic rings. The lowest BCUT2D eigenvalue weighted by atomic mass is 10.1. The second kappa shape index (κ2) is 8.28. The summed E-state index contributed by atoms with van der Waals surface area (Å²) >= 11 is 0. The molecule has 0 spiro atoms. The number of nitrogens with one attached hydrogen (secondary N) is 2. The Morgan fingerprint density at radius 3 is 2.79 bits per heavy atom. The lowest BCUT2D eigenvalue weighted by Crippen LogP contribution is -2.29. The van der Waals surface area contributed by atoms with Crippen molar-refractivity contribution < 1.29 is 9.90 Å². The van der Waals surface area contributed by atoms with E-state index in [4.69, 9.17) is 10.8 Å². The Labute approximate surface area is 159 Å². The molecule has 10 heteroatoms. The van der Waals surface area contributed by atoms with Crippen LogP contribution in [-0.2, 0) is 11.3 Å². The van der Waals surface area contributed by atoms with Crippen LogP contribution in [0.25, 0.3) is 22.6 Å². The van der Waals surface area contributed by atoms with Crippen LogP contribution in [0.2, 0.25) is 0 Å². The summed E-state index contributed by atoms with van der Waals surface area (Å²) in [4.78, 5) is 46.3. The predicted molar refractivity (Wildman–Crippen MR) is 105 cm³/mol. The molecule has 0 fully saturated rings. The maximum atomic E-state index is 12.2. The molecule has 0 bridgehead atoms. The first-order valence-electron chi connectivity index (χ1n) is 8.96. The van der Waals surface area contributed by atoms with E-state index in [1.165, 1.54) is 0 Å². The SMILES string of the molecule is Cc1cc2nc3c(=O)[nH]c(=O)nc-3n(CCC(=O)CCO)c2cc1NCCN. The van der Waals surface area contributed by atoms with Crippen LogP contribution >= 0.6 is 0 Å². The summed E-state index contributed by atoms with van der Waals surface area (Å²) in [5, 5.41) is 12.2. The van der Waals surface area contributed by atoms with E-state index < -0.39 is 11.2 Å². The molecule has 5 N–H and O–H groups in total. The van der Waals surface area contributed by atoms with Crippen LogP contribution in [0, 0.1) is 6.92 Å². The van der Waals surface area contributed by atoms with Gasteiger partial charge in [0.15, 0.2) is 11.5 Å². The normalized spacial score (nSPS) is 11.2. The molecule has 2 aliphatic heterocycles. The third-order valence-corrected chi connectivity index (χ3v) is 4.42. The molecule has 10 nitrogen and oxygen atoms in total. The molecule has 0 saturated heterocycles. The van der Waals surface area contributed by atoms with Crippen molar-refractivity contribution in [1.29, 1.82) is 0 Å². The quantitative estimate of drug-likeness (QED) is 0.381. The lowest BCUT2D eigenvalue weighted by Gasteiger charge is -2.18. The van der Waals surface area contributed by atoms with Gasteiger partial charge >= 0.3 is 5.69 Å². The van der Waals surface area contributed by atoms with Crippen molar-refractivity contribution >= 4 is 22.5 Å². The van der Waals surface area contributed by atoms with E-state index in [0.717, 1.165) is 11.3 Å². The van der Waals surface area contributed by atoms with E-state index in [1.807, 2.05) is 19.1 Å². The van der Waals surface area contributed by atoms with Crippen molar-refractivity contribution in [2.75, 3.05) is 25.0 Å². The number of aliphatic hydroxyl groups excluding tert-OH is 1. The smallest absolute Gasteiger partial charge is 0.349 e. The summed E-state index contributed by atoms with van der Waals surface area (Å²) in [7, 11) is 0. The van der Waals surface area contributed by atoms with Crippen molar-refractivity contribution in [3.63, 3.8) is 0 Å². The van der Waals surface area contributed by atoms with Gasteiger partial charge in [-0.1, -0.05) is 0 Å². The van der Waals surface area contributed by atoms with Crippen LogP contribution < -0.4 is 22.3 Å². The first-order chi connectivity index (χ1) is 13.4. The van der Waals surface area contributed by atoms with E-state index in [2.05, 4.69) is 20.3 Å². The van der Waals surface area contributed by atoms with Crippen LogP contribution in [-0.4, -0.2) is 50.1 Å². The molecule has 0 aliphatic carbocycles. The number of ketones is 1. The van der Waals surface area contributed by atoms with Crippen LogP contribution in [0.15, 0.2) is 21.7 Å². The topological polar surface area (TPSA) is 156 Å². The molecule has 28 heavy (non-hydrogen) atoms. The Balaban J connectivity index is 2.23. The number of aryl methyl sites for hydroxylation is 2. The van der Waals surface area contributed by atoms with Gasteiger partial charge in [0, 0.05) is 44.8 Å². The molecule has 0 amide bonds. The molecule has 2 heterocycles. The van der Waals surface area contributed by atoms with Gasteiger partial charge in [0.05, 0.1) is 11.0 Å². The van der Waals surface area contributed by atoms with Crippen LogP contribution in [0.4, 0.5) is 5.69 Å². The highest BCUT2D eigenvalue weighted by Gasteiger charge is 2.20. The number of anilines is 1. The maximum Gasteiger partial charge on any atom is 0.349 e. The first-order valence-corrected chi connectivity index (χ1v) is 8.96. The van der Waals surface area contributed by atoms with Gasteiger partial charge in [0.25, 0.3) is 5.56 Å². The number of aromatic nitrogens is 4. The number of hydrogen-bond acceptors (Lipinski definition) is 8. The molecule has 0 aromatic heterocycles. The second-order valence-electron chi connectivity index (χ2n) is 6.44. The molecule has 148 valence electrons. The number of nitrogens with zero attached hydrogens (tertiary/aromatic N) is 3. The number of aliphatic hydroxyl groups is 1. The standard InChI is InChI=1S/C18H22N6O4/c1-10-8-13-14(9-12(10)20-5-4-19)24(6-2-11(26)3-7-25)16-15(21-13)17(27)23-18(28)22-16/h8-9,20,25H,2-7,19H2,1H3,(H,23,27,28).